The van der Waals surface area contributed by atoms with Gasteiger partial charge in [0.25, 0.3) is 0 Å². The molecule has 4 nitrogen and oxygen atoms in total. The normalized spacial score (nSPS) is 10.6. The second-order valence-electron chi connectivity index (χ2n) is 4.87. The minimum absolute atomic E-state index is 0.232. The quantitative estimate of drug-likeness (QED) is 0.685. The molecule has 0 radical (unpaired) electrons. The minimum atomic E-state index is -0.232. The van der Waals surface area contributed by atoms with Crippen LogP contribution in [0.2, 0.25) is 0 Å². The number of ether oxygens (including phenoxy) is 2. The van der Waals surface area contributed by atoms with Gasteiger partial charge in [-0.2, -0.15) is 0 Å². The van der Waals surface area contributed by atoms with Gasteiger partial charge >= 0.3 is 0 Å². The molecule has 1 amide bonds. The molecule has 1 N–H and O–H groups in total. The molecule has 2 rings (SSSR count). The topological polar surface area (TPSA) is 47.6 Å². The molecule has 0 bridgehead atoms. The number of carbonyl (C=O) groups excluding carboxylic acids is 1. The van der Waals surface area contributed by atoms with Crippen LogP contribution in [0.5, 0.6) is 11.5 Å². The standard InChI is InChI=1S/C19H20BrNO3/c1-3-23-17-11-10-15(20)13-14(17)9-12-19(22)21-16-7-5-6-8-18(16)24-4-2/h5-13H,3-4H2,1-2H3,(H,21,22)/b12-9+. The van der Waals surface area contributed by atoms with Crippen molar-refractivity contribution in [3.63, 3.8) is 0 Å². The molecule has 126 valence electrons. The van der Waals surface area contributed by atoms with Crippen LogP contribution >= 0.6 is 15.9 Å². The minimum Gasteiger partial charge on any atom is -0.493 e. The van der Waals surface area contributed by atoms with E-state index in [9.17, 15) is 4.79 Å². The number of hydrogen-bond acceptors (Lipinski definition) is 3. The molecule has 0 heterocycles. The van der Waals surface area contributed by atoms with Crippen LogP contribution in [0.3, 0.4) is 0 Å². The van der Waals surface area contributed by atoms with Crippen molar-refractivity contribution >= 4 is 33.6 Å². The first-order chi connectivity index (χ1) is 11.6. The largest absolute Gasteiger partial charge is 0.493 e. The number of hydrogen-bond donors (Lipinski definition) is 1. The number of benzene rings is 2. The fraction of sp³-hybridized carbons (Fsp3) is 0.211. The van der Waals surface area contributed by atoms with E-state index in [-0.39, 0.29) is 5.91 Å². The Hall–Kier alpha value is -2.27. The lowest BCUT2D eigenvalue weighted by molar-refractivity contribution is -0.111. The van der Waals surface area contributed by atoms with Crippen molar-refractivity contribution in [3.05, 3.63) is 58.6 Å². The van der Waals surface area contributed by atoms with Gasteiger partial charge in [0.1, 0.15) is 11.5 Å². The Morgan fingerprint density at radius 3 is 2.54 bits per heavy atom. The van der Waals surface area contributed by atoms with E-state index >= 15 is 0 Å². The first-order valence-electron chi connectivity index (χ1n) is 7.77. The monoisotopic (exact) mass is 389 g/mol. The van der Waals surface area contributed by atoms with Gasteiger partial charge in [-0.1, -0.05) is 28.1 Å². The van der Waals surface area contributed by atoms with E-state index in [4.69, 9.17) is 9.47 Å². The first kappa shape index (κ1) is 18.1. The highest BCUT2D eigenvalue weighted by molar-refractivity contribution is 9.10. The highest BCUT2D eigenvalue weighted by Gasteiger charge is 2.06. The van der Waals surface area contributed by atoms with Crippen LogP contribution in [0.15, 0.2) is 53.0 Å². The fourth-order valence-electron chi connectivity index (χ4n) is 2.13. The number of rotatable bonds is 7. The lowest BCUT2D eigenvalue weighted by Crippen LogP contribution is -2.09. The van der Waals surface area contributed by atoms with Crippen LogP contribution < -0.4 is 14.8 Å². The summed E-state index contributed by atoms with van der Waals surface area (Å²) >= 11 is 3.43. The summed E-state index contributed by atoms with van der Waals surface area (Å²) in [5.41, 5.74) is 1.48. The van der Waals surface area contributed by atoms with Crippen molar-refractivity contribution in [2.24, 2.45) is 0 Å². The molecule has 0 saturated carbocycles. The third-order valence-corrected chi connectivity index (χ3v) is 3.62. The molecule has 2 aromatic rings. The Bertz CT molecular complexity index is 728. The van der Waals surface area contributed by atoms with Crippen LogP contribution in [0.4, 0.5) is 5.69 Å². The van der Waals surface area contributed by atoms with Crippen molar-refractivity contribution in [1.82, 2.24) is 0 Å². The van der Waals surface area contributed by atoms with E-state index in [1.54, 1.807) is 6.08 Å². The van der Waals surface area contributed by atoms with Crippen molar-refractivity contribution < 1.29 is 14.3 Å². The second kappa shape index (κ2) is 9.13. The van der Waals surface area contributed by atoms with Crippen LogP contribution in [-0.4, -0.2) is 19.1 Å². The van der Waals surface area contributed by atoms with E-state index in [0.717, 1.165) is 15.8 Å². The van der Waals surface area contributed by atoms with Crippen LogP contribution in [0, 0.1) is 0 Å². The molecule has 24 heavy (non-hydrogen) atoms. The molecule has 0 atom stereocenters. The highest BCUT2D eigenvalue weighted by atomic mass is 79.9. The van der Waals surface area contributed by atoms with E-state index in [1.165, 1.54) is 6.08 Å². The molecular formula is C19H20BrNO3. The van der Waals surface area contributed by atoms with Crippen molar-refractivity contribution in [2.75, 3.05) is 18.5 Å². The molecule has 0 aliphatic carbocycles. The van der Waals surface area contributed by atoms with Crippen molar-refractivity contribution in [3.8, 4) is 11.5 Å². The molecule has 0 spiro atoms. The van der Waals surface area contributed by atoms with E-state index in [1.807, 2.05) is 56.3 Å². The van der Waals surface area contributed by atoms with Gasteiger partial charge in [-0.05, 0) is 50.3 Å². The second-order valence-corrected chi connectivity index (χ2v) is 5.78. The number of para-hydroxylation sites is 2. The summed E-state index contributed by atoms with van der Waals surface area (Å²) in [4.78, 5) is 12.2. The zero-order chi connectivity index (χ0) is 17.4. The number of amides is 1. The summed E-state index contributed by atoms with van der Waals surface area (Å²) in [5, 5.41) is 2.83. The van der Waals surface area contributed by atoms with Gasteiger partial charge in [-0.3, -0.25) is 4.79 Å². The third kappa shape index (κ3) is 5.13. The van der Waals surface area contributed by atoms with Crippen LogP contribution in [-0.2, 0) is 4.79 Å². The predicted octanol–water partition coefficient (Wildman–Crippen LogP) is 4.90. The SMILES string of the molecule is CCOc1ccc(Br)cc1/C=C/C(=O)Nc1ccccc1OCC. The van der Waals surface area contributed by atoms with Crippen molar-refractivity contribution in [2.45, 2.75) is 13.8 Å². The van der Waals surface area contributed by atoms with Crippen LogP contribution in [0.25, 0.3) is 6.08 Å². The fourth-order valence-corrected chi connectivity index (χ4v) is 2.51. The van der Waals surface area contributed by atoms with Gasteiger partial charge in [0, 0.05) is 16.1 Å². The van der Waals surface area contributed by atoms with Gasteiger partial charge < -0.3 is 14.8 Å². The number of anilines is 1. The lowest BCUT2D eigenvalue weighted by Gasteiger charge is -2.10. The zero-order valence-electron chi connectivity index (χ0n) is 13.7. The number of carbonyl (C=O) groups is 1. The Morgan fingerprint density at radius 1 is 1.08 bits per heavy atom. The summed E-state index contributed by atoms with van der Waals surface area (Å²) in [5.74, 6) is 1.16. The number of nitrogens with one attached hydrogen (secondary N) is 1. The Morgan fingerprint density at radius 2 is 1.79 bits per heavy atom. The summed E-state index contributed by atoms with van der Waals surface area (Å²) in [6, 6.07) is 13.0. The van der Waals surface area contributed by atoms with Gasteiger partial charge in [0.2, 0.25) is 5.91 Å². The van der Waals surface area contributed by atoms with Gasteiger partial charge in [0.15, 0.2) is 0 Å². The summed E-state index contributed by atoms with van der Waals surface area (Å²) < 4.78 is 12.0. The molecular weight excluding hydrogens is 370 g/mol. The maximum Gasteiger partial charge on any atom is 0.248 e. The summed E-state index contributed by atoms with van der Waals surface area (Å²) in [6.45, 7) is 4.93. The lowest BCUT2D eigenvalue weighted by atomic mass is 10.2. The molecule has 0 unspecified atom stereocenters. The Labute approximate surface area is 150 Å². The predicted molar refractivity (Wildman–Crippen MR) is 101 cm³/mol. The summed E-state index contributed by atoms with van der Waals surface area (Å²) in [7, 11) is 0. The molecule has 0 saturated heterocycles. The van der Waals surface area contributed by atoms with E-state index in [0.29, 0.717) is 24.7 Å². The zero-order valence-corrected chi connectivity index (χ0v) is 15.3. The van der Waals surface area contributed by atoms with Gasteiger partial charge in [0.05, 0.1) is 18.9 Å². The first-order valence-corrected chi connectivity index (χ1v) is 8.56. The summed E-state index contributed by atoms with van der Waals surface area (Å²) in [6.07, 6.45) is 3.21. The van der Waals surface area contributed by atoms with Crippen LogP contribution in [0.1, 0.15) is 19.4 Å². The average Bonchev–Trinajstić information content (AvgIpc) is 2.57. The molecule has 0 aliphatic heterocycles. The molecule has 5 heteroatoms. The maximum atomic E-state index is 12.2. The highest BCUT2D eigenvalue weighted by Crippen LogP contribution is 2.26. The molecule has 2 aromatic carbocycles. The molecule has 0 aliphatic rings. The average molecular weight is 390 g/mol. The van der Waals surface area contributed by atoms with E-state index in [2.05, 4.69) is 21.2 Å². The maximum absolute atomic E-state index is 12.2. The Balaban J connectivity index is 2.13. The molecule has 0 fully saturated rings. The van der Waals surface area contributed by atoms with Gasteiger partial charge in [-0.15, -0.1) is 0 Å². The smallest absolute Gasteiger partial charge is 0.248 e. The van der Waals surface area contributed by atoms with E-state index < -0.39 is 0 Å². The third-order valence-electron chi connectivity index (χ3n) is 3.13. The number of halogens is 1. The molecule has 0 aromatic heterocycles. The Kier molecular flexibility index (Phi) is 6.88. The van der Waals surface area contributed by atoms with Crippen molar-refractivity contribution in [1.29, 1.82) is 0 Å². The van der Waals surface area contributed by atoms with Gasteiger partial charge in [-0.25, -0.2) is 0 Å².